The van der Waals surface area contributed by atoms with Crippen LogP contribution in [0.2, 0.25) is 0 Å². The summed E-state index contributed by atoms with van der Waals surface area (Å²) in [6, 6.07) is 20.2. The first-order valence-corrected chi connectivity index (χ1v) is 10.5. The number of aryl methyl sites for hydroxylation is 1. The number of benzene rings is 2. The van der Waals surface area contributed by atoms with Crippen LogP contribution in [0.15, 0.2) is 71.4 Å². The Morgan fingerprint density at radius 3 is 2.58 bits per heavy atom. The van der Waals surface area contributed by atoms with Gasteiger partial charge in [-0.3, -0.25) is 9.78 Å². The molecule has 2 aromatic heterocycles. The topological polar surface area (TPSA) is 75.4 Å². The second kappa shape index (κ2) is 8.55. The van der Waals surface area contributed by atoms with Crippen LogP contribution in [0.25, 0.3) is 22.3 Å². The SMILES string of the molecule is O=C(CCc1nc(-c2cnc3ccccc3c2)no1)N1CCN(c2ccccc2)CC1. The Labute approximate surface area is 180 Å². The van der Waals surface area contributed by atoms with Gasteiger partial charge < -0.3 is 14.3 Å². The molecule has 0 unspecified atom stereocenters. The molecule has 156 valence electrons. The second-order valence-corrected chi connectivity index (χ2v) is 7.63. The number of fused-ring (bicyclic) bond motifs is 1. The minimum atomic E-state index is 0.125. The largest absolute Gasteiger partial charge is 0.368 e. The number of carbonyl (C=O) groups is 1. The van der Waals surface area contributed by atoms with Crippen LogP contribution in [0.1, 0.15) is 12.3 Å². The summed E-state index contributed by atoms with van der Waals surface area (Å²) in [7, 11) is 0. The van der Waals surface area contributed by atoms with E-state index >= 15 is 0 Å². The highest BCUT2D eigenvalue weighted by Gasteiger charge is 2.21. The second-order valence-electron chi connectivity index (χ2n) is 7.63. The molecule has 0 N–H and O–H groups in total. The molecule has 7 heteroatoms. The zero-order valence-corrected chi connectivity index (χ0v) is 17.1. The van der Waals surface area contributed by atoms with Gasteiger partial charge in [-0.15, -0.1) is 0 Å². The van der Waals surface area contributed by atoms with Gasteiger partial charge in [-0.1, -0.05) is 41.6 Å². The van der Waals surface area contributed by atoms with Crippen LogP contribution in [-0.4, -0.2) is 52.1 Å². The van der Waals surface area contributed by atoms with E-state index in [0.29, 0.717) is 24.6 Å². The number of hydrogen-bond acceptors (Lipinski definition) is 6. The molecule has 0 radical (unpaired) electrons. The van der Waals surface area contributed by atoms with E-state index in [4.69, 9.17) is 4.52 Å². The fraction of sp³-hybridized carbons (Fsp3) is 0.250. The lowest BCUT2D eigenvalue weighted by molar-refractivity contribution is -0.131. The molecule has 2 aromatic carbocycles. The number of amides is 1. The maximum absolute atomic E-state index is 12.6. The number of hydrogen-bond donors (Lipinski definition) is 0. The van der Waals surface area contributed by atoms with Gasteiger partial charge >= 0.3 is 0 Å². The first-order valence-electron chi connectivity index (χ1n) is 10.5. The van der Waals surface area contributed by atoms with Crippen LogP contribution in [0.3, 0.4) is 0 Å². The molecule has 3 heterocycles. The van der Waals surface area contributed by atoms with Crippen molar-refractivity contribution >= 4 is 22.5 Å². The fourth-order valence-electron chi connectivity index (χ4n) is 3.89. The van der Waals surface area contributed by atoms with Gasteiger partial charge in [-0.05, 0) is 24.3 Å². The third-order valence-corrected chi connectivity index (χ3v) is 5.62. The third kappa shape index (κ3) is 4.26. The molecule has 0 saturated carbocycles. The summed E-state index contributed by atoms with van der Waals surface area (Å²) in [5, 5.41) is 5.09. The van der Waals surface area contributed by atoms with Crippen molar-refractivity contribution in [2.75, 3.05) is 31.1 Å². The Kier molecular flexibility index (Phi) is 5.31. The molecule has 7 nitrogen and oxygen atoms in total. The number of carbonyl (C=O) groups excluding carboxylic acids is 1. The summed E-state index contributed by atoms with van der Waals surface area (Å²) in [4.78, 5) is 25.8. The van der Waals surface area contributed by atoms with Crippen LogP contribution < -0.4 is 4.90 Å². The van der Waals surface area contributed by atoms with Crippen LogP contribution >= 0.6 is 0 Å². The summed E-state index contributed by atoms with van der Waals surface area (Å²) in [6.07, 6.45) is 2.54. The predicted molar refractivity (Wildman–Crippen MR) is 119 cm³/mol. The number of rotatable bonds is 5. The van der Waals surface area contributed by atoms with E-state index in [1.165, 1.54) is 5.69 Å². The van der Waals surface area contributed by atoms with E-state index in [2.05, 4.69) is 32.2 Å². The monoisotopic (exact) mass is 413 g/mol. The average Bonchev–Trinajstić information content (AvgIpc) is 3.32. The van der Waals surface area contributed by atoms with Crippen LogP contribution in [0.5, 0.6) is 0 Å². The molecular weight excluding hydrogens is 390 g/mol. The molecule has 1 aliphatic rings. The summed E-state index contributed by atoms with van der Waals surface area (Å²) in [5.74, 6) is 1.09. The van der Waals surface area contributed by atoms with E-state index in [0.717, 1.165) is 42.6 Å². The first kappa shape index (κ1) is 19.2. The van der Waals surface area contributed by atoms with E-state index in [1.54, 1.807) is 6.20 Å². The van der Waals surface area contributed by atoms with Gasteiger partial charge in [-0.25, -0.2) is 0 Å². The minimum Gasteiger partial charge on any atom is -0.368 e. The summed E-state index contributed by atoms with van der Waals surface area (Å²) < 4.78 is 5.38. The van der Waals surface area contributed by atoms with Crippen molar-refractivity contribution in [1.29, 1.82) is 0 Å². The van der Waals surface area contributed by atoms with E-state index in [1.807, 2.05) is 53.4 Å². The molecule has 1 fully saturated rings. The highest BCUT2D eigenvalue weighted by atomic mass is 16.5. The van der Waals surface area contributed by atoms with Gasteiger partial charge in [0.25, 0.3) is 0 Å². The molecule has 1 amide bonds. The van der Waals surface area contributed by atoms with E-state index in [-0.39, 0.29) is 5.91 Å². The Balaban J connectivity index is 1.16. The molecule has 31 heavy (non-hydrogen) atoms. The quantitative estimate of drug-likeness (QED) is 0.498. The molecule has 0 bridgehead atoms. The summed E-state index contributed by atoms with van der Waals surface area (Å²) in [5.41, 5.74) is 2.93. The average molecular weight is 413 g/mol. The number of piperazine rings is 1. The minimum absolute atomic E-state index is 0.125. The van der Waals surface area contributed by atoms with E-state index < -0.39 is 0 Å². The van der Waals surface area contributed by atoms with Crippen molar-refractivity contribution in [3.8, 4) is 11.4 Å². The highest BCUT2D eigenvalue weighted by molar-refractivity contribution is 5.82. The smallest absolute Gasteiger partial charge is 0.227 e. The summed E-state index contributed by atoms with van der Waals surface area (Å²) >= 11 is 0. The predicted octanol–water partition coefficient (Wildman–Crippen LogP) is 3.57. The van der Waals surface area contributed by atoms with E-state index in [9.17, 15) is 4.79 Å². The van der Waals surface area contributed by atoms with Gasteiger partial charge in [0, 0.05) is 61.9 Å². The lowest BCUT2D eigenvalue weighted by atomic mass is 10.1. The molecule has 5 rings (SSSR count). The number of pyridine rings is 1. The van der Waals surface area contributed by atoms with Gasteiger partial charge in [0.1, 0.15) is 0 Å². The van der Waals surface area contributed by atoms with Crippen molar-refractivity contribution in [2.45, 2.75) is 12.8 Å². The Hall–Kier alpha value is -3.74. The molecule has 0 spiro atoms. The Bertz CT molecular complexity index is 1180. The molecule has 1 saturated heterocycles. The summed E-state index contributed by atoms with van der Waals surface area (Å²) in [6.45, 7) is 3.14. The van der Waals surface area contributed by atoms with Gasteiger partial charge in [0.05, 0.1) is 5.52 Å². The standard InChI is InChI=1S/C24H23N5O2/c30-23(29-14-12-28(13-15-29)20-7-2-1-3-8-20)11-10-22-26-24(27-31-22)19-16-18-6-4-5-9-21(18)25-17-19/h1-9,16-17H,10-15H2. The van der Waals surface area contributed by atoms with Crippen LogP contribution in [-0.2, 0) is 11.2 Å². The number of aromatic nitrogens is 3. The van der Waals surface area contributed by atoms with Gasteiger partial charge in [0.15, 0.2) is 0 Å². The third-order valence-electron chi connectivity index (χ3n) is 5.62. The number of para-hydroxylation sites is 2. The highest BCUT2D eigenvalue weighted by Crippen LogP contribution is 2.21. The molecular formula is C24H23N5O2. The zero-order chi connectivity index (χ0) is 21.0. The van der Waals surface area contributed by atoms with Crippen molar-refractivity contribution in [1.82, 2.24) is 20.0 Å². The van der Waals surface area contributed by atoms with Crippen molar-refractivity contribution in [3.05, 3.63) is 72.8 Å². The maximum atomic E-state index is 12.6. The lowest BCUT2D eigenvalue weighted by Crippen LogP contribution is -2.48. The lowest BCUT2D eigenvalue weighted by Gasteiger charge is -2.36. The Morgan fingerprint density at radius 2 is 1.74 bits per heavy atom. The molecule has 0 atom stereocenters. The first-order chi connectivity index (χ1) is 15.3. The molecule has 1 aliphatic heterocycles. The maximum Gasteiger partial charge on any atom is 0.227 e. The normalized spacial score (nSPS) is 14.2. The number of nitrogens with zero attached hydrogens (tertiary/aromatic N) is 5. The van der Waals surface area contributed by atoms with Crippen LogP contribution in [0, 0.1) is 0 Å². The van der Waals surface area contributed by atoms with Crippen LogP contribution in [0.4, 0.5) is 5.69 Å². The fourth-order valence-corrected chi connectivity index (χ4v) is 3.89. The van der Waals surface area contributed by atoms with Gasteiger partial charge in [0.2, 0.25) is 17.6 Å². The Morgan fingerprint density at radius 1 is 0.968 bits per heavy atom. The zero-order valence-electron chi connectivity index (χ0n) is 17.1. The van der Waals surface area contributed by atoms with Crippen molar-refractivity contribution in [3.63, 3.8) is 0 Å². The van der Waals surface area contributed by atoms with Crippen molar-refractivity contribution in [2.24, 2.45) is 0 Å². The number of anilines is 1. The van der Waals surface area contributed by atoms with Gasteiger partial charge in [-0.2, -0.15) is 4.98 Å². The van der Waals surface area contributed by atoms with Crippen molar-refractivity contribution < 1.29 is 9.32 Å². The molecule has 4 aromatic rings. The molecule has 0 aliphatic carbocycles.